The van der Waals surface area contributed by atoms with Crippen molar-refractivity contribution in [2.45, 2.75) is 69.7 Å². The van der Waals surface area contributed by atoms with Crippen LogP contribution in [0, 0.1) is 0 Å². The van der Waals surface area contributed by atoms with E-state index >= 15 is 0 Å². The second-order valence-corrected chi connectivity index (χ2v) is 13.1. The number of esters is 1. The summed E-state index contributed by atoms with van der Waals surface area (Å²) in [7, 11) is 1.34. The molecule has 0 radical (unpaired) electrons. The molecule has 3 aliphatic rings. The number of hydrogen-bond donors (Lipinski definition) is 0. The number of hydrogen-bond acceptors (Lipinski definition) is 11. The molecule has 7 rings (SSSR count). The first-order valence-corrected chi connectivity index (χ1v) is 16.0. The minimum Gasteiger partial charge on any atom is -0.489 e. The van der Waals surface area contributed by atoms with Gasteiger partial charge in [0, 0.05) is 17.0 Å². The lowest BCUT2D eigenvalue weighted by Crippen LogP contribution is -2.35. The third-order valence-corrected chi connectivity index (χ3v) is 9.37. The maximum atomic E-state index is 12.3. The summed E-state index contributed by atoms with van der Waals surface area (Å²) >= 11 is 14.4. The van der Waals surface area contributed by atoms with E-state index in [9.17, 15) is 4.79 Å². The van der Waals surface area contributed by atoms with Crippen LogP contribution < -0.4 is 9.47 Å². The van der Waals surface area contributed by atoms with Gasteiger partial charge in [-0.05, 0) is 51.0 Å². The Bertz CT molecular complexity index is 1680. The number of rotatable bonds is 10. The van der Waals surface area contributed by atoms with E-state index in [-0.39, 0.29) is 37.1 Å². The van der Waals surface area contributed by atoms with Crippen molar-refractivity contribution in [3.63, 3.8) is 0 Å². The summed E-state index contributed by atoms with van der Waals surface area (Å²) in [5.41, 5.74) is 3.07. The molecular weight excluding hydrogens is 631 g/mol. The molecule has 0 spiro atoms. The fraction of sp³-hybridized carbons (Fsp3) is 0.452. The van der Waals surface area contributed by atoms with Gasteiger partial charge in [0.25, 0.3) is 5.19 Å². The van der Waals surface area contributed by atoms with Crippen LogP contribution in [-0.2, 0) is 25.6 Å². The van der Waals surface area contributed by atoms with Gasteiger partial charge in [0.1, 0.15) is 41.0 Å². The summed E-state index contributed by atoms with van der Waals surface area (Å²) in [6.45, 7) is 4.73. The summed E-state index contributed by atoms with van der Waals surface area (Å²) in [5, 5.41) is 5.78. The number of aromatic nitrogens is 2. The highest BCUT2D eigenvalue weighted by atomic mass is 35.5. The first-order valence-electron chi connectivity index (χ1n) is 14.4. The van der Waals surface area contributed by atoms with E-state index in [1.165, 1.54) is 18.4 Å². The van der Waals surface area contributed by atoms with Crippen molar-refractivity contribution >= 4 is 50.7 Å². The van der Waals surface area contributed by atoms with Crippen molar-refractivity contribution in [2.75, 3.05) is 20.3 Å². The van der Waals surface area contributed by atoms with Crippen molar-refractivity contribution in [3.8, 4) is 22.2 Å². The van der Waals surface area contributed by atoms with E-state index in [1.807, 2.05) is 13.8 Å². The van der Waals surface area contributed by atoms with Crippen LogP contribution in [0.5, 0.6) is 10.9 Å². The van der Waals surface area contributed by atoms with Crippen LogP contribution in [0.25, 0.3) is 21.5 Å². The second kappa shape index (κ2) is 12.1. The molecule has 10 nitrogen and oxygen atoms in total. The van der Waals surface area contributed by atoms with Crippen molar-refractivity contribution in [3.05, 3.63) is 57.3 Å². The van der Waals surface area contributed by atoms with Crippen LogP contribution in [0.2, 0.25) is 10.0 Å². The fourth-order valence-corrected chi connectivity index (χ4v) is 7.15. The molecule has 0 unspecified atom stereocenters. The molecule has 2 aliphatic heterocycles. The molecule has 44 heavy (non-hydrogen) atoms. The van der Waals surface area contributed by atoms with Crippen molar-refractivity contribution < 1.29 is 37.7 Å². The summed E-state index contributed by atoms with van der Waals surface area (Å²) in [4.78, 5) is 16.9. The van der Waals surface area contributed by atoms with Gasteiger partial charge in [0.2, 0.25) is 0 Å². The van der Waals surface area contributed by atoms with E-state index in [2.05, 4.69) is 10.1 Å². The van der Waals surface area contributed by atoms with E-state index in [0.29, 0.717) is 62.5 Å². The van der Waals surface area contributed by atoms with Crippen LogP contribution in [-0.4, -0.2) is 67.0 Å². The van der Waals surface area contributed by atoms with Crippen LogP contribution in [0.15, 0.2) is 34.9 Å². The smallest absolute Gasteiger partial charge is 0.338 e. The number of carbonyl (C=O) groups excluding carboxylic acids is 1. The predicted octanol–water partition coefficient (Wildman–Crippen LogP) is 6.84. The lowest BCUT2D eigenvalue weighted by atomic mass is 10.0. The first-order chi connectivity index (χ1) is 21.3. The van der Waals surface area contributed by atoms with E-state index < -0.39 is 5.97 Å². The second-order valence-electron chi connectivity index (χ2n) is 11.3. The van der Waals surface area contributed by atoms with Crippen molar-refractivity contribution in [2.24, 2.45) is 0 Å². The minimum absolute atomic E-state index is 0.110. The normalized spacial score (nSPS) is 23.0. The summed E-state index contributed by atoms with van der Waals surface area (Å²) in [5.74, 6) is 1.17. The number of nitrogens with zero attached hydrogens (tertiary/aromatic N) is 2. The molecule has 4 atom stereocenters. The van der Waals surface area contributed by atoms with Gasteiger partial charge in [-0.2, -0.15) is 4.98 Å². The largest absolute Gasteiger partial charge is 0.489 e. The van der Waals surface area contributed by atoms with E-state index in [1.54, 1.807) is 30.3 Å². The Balaban J connectivity index is 1.06. The lowest BCUT2D eigenvalue weighted by molar-refractivity contribution is -0.0428. The molecule has 1 saturated carbocycles. The van der Waals surface area contributed by atoms with Crippen LogP contribution >= 0.6 is 34.5 Å². The predicted molar refractivity (Wildman–Crippen MR) is 163 cm³/mol. The number of halogens is 2. The number of carbonyl (C=O) groups is 1. The molecule has 4 heterocycles. The molecule has 0 bridgehead atoms. The SMILES string of the molecule is COC(=O)c1cc(OC(C)C)c2nc(O[C@@H]3CO[C@H]4[C@@H]3OC[C@H]4OCc3c(-c4c(Cl)cccc4Cl)noc3C3CC3)sc2c1. The number of benzene rings is 2. The topological polar surface area (TPSA) is 111 Å². The van der Waals surface area contributed by atoms with Gasteiger partial charge in [-0.25, -0.2) is 4.79 Å². The third kappa shape index (κ3) is 5.65. The van der Waals surface area contributed by atoms with Crippen LogP contribution in [0.3, 0.4) is 0 Å². The standard InChI is InChI=1S/C31H30Cl2N2O8S/c1-14(2)41-20-9-16(30(36)37-3)10-23-26(20)34-31(44-23)42-22-13-40-28-21(12-39-29(22)28)38-11-17-25(35-43-27(17)15-7-8-15)24-18(32)5-4-6-19(24)33/h4-6,9-10,14-15,21-22,28-29H,7-8,11-13H2,1-3H3/t21-,22-,28-,29-/m1/s1. The summed E-state index contributed by atoms with van der Waals surface area (Å²) in [6, 6.07) is 8.73. The third-order valence-electron chi connectivity index (χ3n) is 7.85. The lowest BCUT2D eigenvalue weighted by Gasteiger charge is -2.17. The van der Waals surface area contributed by atoms with Gasteiger partial charge < -0.3 is 32.9 Å². The monoisotopic (exact) mass is 660 g/mol. The molecule has 4 aromatic rings. The number of fused-ring (bicyclic) bond motifs is 2. The molecule has 2 aromatic carbocycles. The Morgan fingerprint density at radius 1 is 1.09 bits per heavy atom. The zero-order valence-electron chi connectivity index (χ0n) is 24.2. The Kier molecular flexibility index (Phi) is 8.19. The van der Waals surface area contributed by atoms with Gasteiger partial charge in [-0.1, -0.05) is 45.8 Å². The van der Waals surface area contributed by atoms with Crippen LogP contribution in [0.4, 0.5) is 0 Å². The van der Waals surface area contributed by atoms with Gasteiger partial charge >= 0.3 is 5.97 Å². The Labute approximate surface area is 267 Å². The average molecular weight is 662 g/mol. The minimum atomic E-state index is -0.452. The highest BCUT2D eigenvalue weighted by Crippen LogP contribution is 2.46. The quantitative estimate of drug-likeness (QED) is 0.168. The van der Waals surface area contributed by atoms with Gasteiger partial charge in [0.05, 0.1) is 53.3 Å². The molecule has 2 aromatic heterocycles. The molecule has 232 valence electrons. The van der Waals surface area contributed by atoms with Gasteiger partial charge in [-0.3, -0.25) is 0 Å². The summed E-state index contributed by atoms with van der Waals surface area (Å²) in [6.07, 6.45) is 0.591. The molecule has 3 fully saturated rings. The molecule has 0 amide bonds. The number of methoxy groups -OCH3 is 1. The maximum absolute atomic E-state index is 12.3. The molecule has 13 heteroatoms. The maximum Gasteiger partial charge on any atom is 0.338 e. The molecule has 1 aliphatic carbocycles. The number of ether oxygens (including phenoxy) is 6. The fourth-order valence-electron chi connectivity index (χ4n) is 5.65. The van der Waals surface area contributed by atoms with Crippen LogP contribution in [0.1, 0.15) is 54.3 Å². The van der Waals surface area contributed by atoms with Gasteiger partial charge in [0.15, 0.2) is 6.10 Å². The first kappa shape index (κ1) is 29.8. The zero-order chi connectivity index (χ0) is 30.5. The van der Waals surface area contributed by atoms with Crippen molar-refractivity contribution in [1.29, 1.82) is 0 Å². The molecular formula is C31H30Cl2N2O8S. The number of thiazole rings is 1. The van der Waals surface area contributed by atoms with Gasteiger partial charge in [-0.15, -0.1) is 0 Å². The Morgan fingerprint density at radius 3 is 2.52 bits per heavy atom. The molecule has 0 N–H and O–H groups in total. The average Bonchev–Trinajstić information content (AvgIpc) is 3.29. The van der Waals surface area contributed by atoms with Crippen molar-refractivity contribution in [1.82, 2.24) is 10.1 Å². The summed E-state index contributed by atoms with van der Waals surface area (Å²) < 4.78 is 42.4. The van der Waals surface area contributed by atoms with E-state index in [0.717, 1.165) is 28.9 Å². The van der Waals surface area contributed by atoms with E-state index in [4.69, 9.17) is 56.1 Å². The zero-order valence-corrected chi connectivity index (χ0v) is 26.5. The highest BCUT2D eigenvalue weighted by Gasteiger charge is 2.50. The highest BCUT2D eigenvalue weighted by molar-refractivity contribution is 7.20. The molecule has 2 saturated heterocycles. The Hall–Kier alpha value is -2.93. The Morgan fingerprint density at radius 2 is 1.82 bits per heavy atom.